The van der Waals surface area contributed by atoms with Crippen molar-refractivity contribution in [2.24, 2.45) is 0 Å². The third-order valence-electron chi connectivity index (χ3n) is 5.13. The number of hydrogen-bond acceptors (Lipinski definition) is 6. The number of benzene rings is 3. The first-order valence-electron chi connectivity index (χ1n) is 10.7. The van der Waals surface area contributed by atoms with E-state index in [4.69, 9.17) is 18.9 Å². The summed E-state index contributed by atoms with van der Waals surface area (Å²) in [6.07, 6.45) is -0.380. The van der Waals surface area contributed by atoms with Crippen molar-refractivity contribution in [1.82, 2.24) is 10.9 Å². The van der Waals surface area contributed by atoms with Crippen molar-refractivity contribution >= 4 is 11.8 Å². The Hall–Kier alpha value is -4.20. The Morgan fingerprint density at radius 3 is 1.91 bits per heavy atom. The van der Waals surface area contributed by atoms with Crippen LogP contribution in [0.4, 0.5) is 0 Å². The third kappa shape index (κ3) is 5.78. The van der Waals surface area contributed by atoms with Crippen LogP contribution in [0.25, 0.3) is 11.1 Å². The monoisotopic (exact) mass is 464 g/mol. The van der Waals surface area contributed by atoms with Gasteiger partial charge in [0.05, 0.1) is 21.3 Å². The highest BCUT2D eigenvalue weighted by Crippen LogP contribution is 2.38. The number of carbonyl (C=O) groups is 2. The fraction of sp³-hybridized carbons (Fsp3) is 0.231. The lowest BCUT2D eigenvalue weighted by Gasteiger charge is -2.18. The molecule has 0 aliphatic rings. The molecule has 0 bridgehead atoms. The molecule has 8 heteroatoms. The zero-order chi connectivity index (χ0) is 24.5. The molecule has 3 aromatic rings. The minimum Gasteiger partial charge on any atom is -0.493 e. The van der Waals surface area contributed by atoms with Gasteiger partial charge in [-0.2, -0.15) is 0 Å². The van der Waals surface area contributed by atoms with Crippen LogP contribution in [0.5, 0.6) is 23.0 Å². The van der Waals surface area contributed by atoms with Crippen molar-refractivity contribution in [2.75, 3.05) is 21.3 Å². The van der Waals surface area contributed by atoms with Crippen LogP contribution < -0.4 is 29.8 Å². The van der Waals surface area contributed by atoms with Crippen molar-refractivity contribution in [1.29, 1.82) is 0 Å². The van der Waals surface area contributed by atoms with E-state index in [0.29, 0.717) is 29.4 Å². The molecule has 0 heterocycles. The molecular weight excluding hydrogens is 436 g/mol. The van der Waals surface area contributed by atoms with Gasteiger partial charge in [-0.1, -0.05) is 49.4 Å². The maximum absolute atomic E-state index is 12.6. The van der Waals surface area contributed by atoms with Gasteiger partial charge in [0.2, 0.25) is 5.75 Å². The van der Waals surface area contributed by atoms with Crippen molar-refractivity contribution in [3.8, 4) is 34.1 Å². The summed E-state index contributed by atoms with van der Waals surface area (Å²) in [5, 5.41) is 0. The largest absolute Gasteiger partial charge is 0.493 e. The molecule has 1 unspecified atom stereocenters. The number of carbonyl (C=O) groups excluding carboxylic acids is 2. The van der Waals surface area contributed by atoms with Crippen LogP contribution >= 0.6 is 0 Å². The summed E-state index contributed by atoms with van der Waals surface area (Å²) in [4.78, 5) is 25.2. The number of rotatable bonds is 9. The van der Waals surface area contributed by atoms with Crippen LogP contribution in [0, 0.1) is 0 Å². The Kier molecular flexibility index (Phi) is 8.34. The van der Waals surface area contributed by atoms with E-state index in [1.54, 1.807) is 0 Å². The fourth-order valence-electron chi connectivity index (χ4n) is 3.33. The predicted octanol–water partition coefficient (Wildman–Crippen LogP) is 4.00. The lowest BCUT2D eigenvalue weighted by molar-refractivity contribution is -0.128. The van der Waals surface area contributed by atoms with Crippen LogP contribution in [0.15, 0.2) is 66.7 Å². The maximum Gasteiger partial charge on any atom is 0.279 e. The summed E-state index contributed by atoms with van der Waals surface area (Å²) in [5.74, 6) is 0.546. The molecule has 1 atom stereocenters. The van der Waals surface area contributed by atoms with Crippen LogP contribution in [0.3, 0.4) is 0 Å². The lowest BCUT2D eigenvalue weighted by Crippen LogP contribution is -2.48. The highest BCUT2D eigenvalue weighted by Gasteiger charge is 2.21. The van der Waals surface area contributed by atoms with Crippen LogP contribution in [0.1, 0.15) is 23.7 Å². The van der Waals surface area contributed by atoms with E-state index in [-0.39, 0.29) is 5.56 Å². The third-order valence-corrected chi connectivity index (χ3v) is 5.13. The Labute approximate surface area is 198 Å². The zero-order valence-corrected chi connectivity index (χ0v) is 19.6. The molecule has 178 valence electrons. The molecule has 0 aliphatic carbocycles. The molecule has 0 saturated carbocycles. The molecule has 3 aromatic carbocycles. The summed E-state index contributed by atoms with van der Waals surface area (Å²) in [7, 11) is 4.38. The highest BCUT2D eigenvalue weighted by atomic mass is 16.5. The standard InChI is InChI=1S/C26H28N2O6/c1-5-21(34-20-13-11-18(12-14-20)17-9-7-6-8-10-17)26(30)28-27-25(29)19-15-22(31-2)24(33-4)23(16-19)32-3/h6-16,21H,5H2,1-4H3,(H,27,29)(H,28,30). The molecule has 0 spiro atoms. The molecule has 0 aromatic heterocycles. The molecule has 0 radical (unpaired) electrons. The van der Waals surface area contributed by atoms with Crippen LogP contribution in [-0.4, -0.2) is 39.2 Å². The van der Waals surface area contributed by atoms with E-state index in [1.165, 1.54) is 33.5 Å². The molecule has 0 saturated heterocycles. The quantitative estimate of drug-likeness (QED) is 0.465. The average Bonchev–Trinajstić information content (AvgIpc) is 2.89. The highest BCUT2D eigenvalue weighted by molar-refractivity contribution is 5.97. The van der Waals surface area contributed by atoms with E-state index >= 15 is 0 Å². The smallest absolute Gasteiger partial charge is 0.279 e. The number of amides is 2. The van der Waals surface area contributed by atoms with Gasteiger partial charge < -0.3 is 18.9 Å². The molecule has 8 nitrogen and oxygen atoms in total. The van der Waals surface area contributed by atoms with Gasteiger partial charge in [0, 0.05) is 5.56 Å². The van der Waals surface area contributed by atoms with E-state index in [2.05, 4.69) is 10.9 Å². The topological polar surface area (TPSA) is 95.1 Å². The first-order chi connectivity index (χ1) is 16.5. The zero-order valence-electron chi connectivity index (χ0n) is 19.6. The van der Waals surface area contributed by atoms with Crippen LogP contribution in [0.2, 0.25) is 0 Å². The molecule has 34 heavy (non-hydrogen) atoms. The first-order valence-corrected chi connectivity index (χ1v) is 10.7. The van der Waals surface area contributed by atoms with Gasteiger partial charge in [-0.25, -0.2) is 0 Å². The number of ether oxygens (including phenoxy) is 4. The first kappa shape index (κ1) is 24.4. The van der Waals surface area contributed by atoms with Gasteiger partial charge in [0.1, 0.15) is 5.75 Å². The molecule has 3 rings (SSSR count). The lowest BCUT2D eigenvalue weighted by atomic mass is 10.1. The minimum atomic E-state index is -0.789. The van der Waals surface area contributed by atoms with Gasteiger partial charge >= 0.3 is 0 Å². The number of hydrazine groups is 1. The fourth-order valence-corrected chi connectivity index (χ4v) is 3.33. The second kappa shape index (κ2) is 11.6. The van der Waals surface area contributed by atoms with Gasteiger partial charge in [-0.15, -0.1) is 0 Å². The Morgan fingerprint density at radius 1 is 0.794 bits per heavy atom. The second-order valence-electron chi connectivity index (χ2n) is 7.26. The summed E-state index contributed by atoms with van der Waals surface area (Å²) >= 11 is 0. The number of hydrogen-bond donors (Lipinski definition) is 2. The molecule has 0 fully saturated rings. The maximum atomic E-state index is 12.6. The molecule has 0 aliphatic heterocycles. The second-order valence-corrected chi connectivity index (χ2v) is 7.26. The van der Waals surface area contributed by atoms with E-state index < -0.39 is 17.9 Å². The van der Waals surface area contributed by atoms with E-state index in [9.17, 15) is 9.59 Å². The number of methoxy groups -OCH3 is 3. The number of nitrogens with one attached hydrogen (secondary N) is 2. The molecular formula is C26H28N2O6. The summed E-state index contributed by atoms with van der Waals surface area (Å²) < 4.78 is 21.6. The van der Waals surface area contributed by atoms with Crippen molar-refractivity contribution in [2.45, 2.75) is 19.4 Å². The Balaban J connectivity index is 1.62. The van der Waals surface area contributed by atoms with Gasteiger partial charge in [0.15, 0.2) is 17.6 Å². The average molecular weight is 465 g/mol. The van der Waals surface area contributed by atoms with E-state index in [0.717, 1.165) is 11.1 Å². The normalized spacial score (nSPS) is 11.2. The van der Waals surface area contributed by atoms with E-state index in [1.807, 2.05) is 61.5 Å². The molecule has 2 amide bonds. The van der Waals surface area contributed by atoms with Gasteiger partial charge in [0.25, 0.3) is 11.8 Å². The SMILES string of the molecule is CCC(Oc1ccc(-c2ccccc2)cc1)C(=O)NNC(=O)c1cc(OC)c(OC)c(OC)c1. The van der Waals surface area contributed by atoms with Crippen molar-refractivity contribution < 1.29 is 28.5 Å². The summed E-state index contributed by atoms with van der Waals surface area (Å²) in [6, 6.07) is 20.4. The van der Waals surface area contributed by atoms with Gasteiger partial charge in [-0.05, 0) is 41.8 Å². The summed E-state index contributed by atoms with van der Waals surface area (Å²) in [6.45, 7) is 1.82. The van der Waals surface area contributed by atoms with Gasteiger partial charge in [-0.3, -0.25) is 20.4 Å². The van der Waals surface area contributed by atoms with Crippen molar-refractivity contribution in [3.05, 3.63) is 72.3 Å². The Morgan fingerprint density at radius 2 is 1.38 bits per heavy atom. The van der Waals surface area contributed by atoms with Crippen LogP contribution in [-0.2, 0) is 4.79 Å². The predicted molar refractivity (Wildman–Crippen MR) is 128 cm³/mol. The molecule has 2 N–H and O–H groups in total. The van der Waals surface area contributed by atoms with Crippen molar-refractivity contribution in [3.63, 3.8) is 0 Å². The summed E-state index contributed by atoms with van der Waals surface area (Å²) in [5.41, 5.74) is 7.17. The minimum absolute atomic E-state index is 0.222. The Bertz CT molecular complexity index is 1090.